The van der Waals surface area contributed by atoms with Crippen LogP contribution in [0.25, 0.3) is 0 Å². The molecule has 0 aliphatic carbocycles. The number of carbonyl (C=O) groups is 1. The van der Waals surface area contributed by atoms with Crippen molar-refractivity contribution in [3.8, 4) is 5.75 Å². The molecule has 0 atom stereocenters. The Morgan fingerprint density at radius 1 is 1.29 bits per heavy atom. The molecule has 1 aromatic carbocycles. The Hall–Kier alpha value is -2.03. The molecule has 0 fully saturated rings. The first-order chi connectivity index (χ1) is 13.4. The Bertz CT molecular complexity index is 968. The first kappa shape index (κ1) is 20.7. The van der Waals surface area contributed by atoms with E-state index in [-0.39, 0.29) is 12.6 Å². The first-order valence-corrected chi connectivity index (χ1v) is 10.0. The van der Waals surface area contributed by atoms with Gasteiger partial charge in [-0.05, 0) is 41.1 Å². The molecule has 2 aromatic heterocycles. The number of hydrogen-bond donors (Lipinski definition) is 0. The number of rotatable bonds is 7. The van der Waals surface area contributed by atoms with Gasteiger partial charge >= 0.3 is 0 Å². The number of nitrogens with zero attached hydrogens (tertiary/aromatic N) is 5. The van der Waals surface area contributed by atoms with Crippen LogP contribution in [0.3, 0.4) is 0 Å². The van der Waals surface area contributed by atoms with Crippen molar-refractivity contribution in [3.63, 3.8) is 0 Å². The molecule has 0 unspecified atom stereocenters. The molecule has 0 radical (unpaired) electrons. The summed E-state index contributed by atoms with van der Waals surface area (Å²) < 4.78 is 9.85. The minimum absolute atomic E-state index is 0.0780. The van der Waals surface area contributed by atoms with Gasteiger partial charge in [-0.3, -0.25) is 9.48 Å². The lowest BCUT2D eigenvalue weighted by atomic mass is 10.3. The van der Waals surface area contributed by atoms with Crippen LogP contribution in [0.2, 0.25) is 10.0 Å². The van der Waals surface area contributed by atoms with Crippen LogP contribution in [0.1, 0.15) is 23.1 Å². The SMILES string of the molecule is CCn1ncc(Br)c1CN(C)C(=O)c1ccn(COc2c(Cl)cccc2Cl)n1. The zero-order valence-corrected chi connectivity index (χ0v) is 18.4. The lowest BCUT2D eigenvalue weighted by Gasteiger charge is -2.17. The van der Waals surface area contributed by atoms with E-state index < -0.39 is 0 Å². The molecular formula is C18H18BrCl2N5O2. The molecule has 7 nitrogen and oxygen atoms in total. The van der Waals surface area contributed by atoms with Crippen LogP contribution in [-0.2, 0) is 19.8 Å². The number of aromatic nitrogens is 4. The summed E-state index contributed by atoms with van der Waals surface area (Å²) >= 11 is 15.6. The van der Waals surface area contributed by atoms with Gasteiger partial charge in [0, 0.05) is 19.8 Å². The lowest BCUT2D eigenvalue weighted by Crippen LogP contribution is -2.28. The molecule has 28 heavy (non-hydrogen) atoms. The van der Waals surface area contributed by atoms with Crippen molar-refractivity contribution in [1.82, 2.24) is 24.5 Å². The maximum Gasteiger partial charge on any atom is 0.274 e. The predicted octanol–water partition coefficient (Wildman–Crippen LogP) is 4.48. The normalized spacial score (nSPS) is 10.9. The zero-order valence-electron chi connectivity index (χ0n) is 15.3. The third-order valence-electron chi connectivity index (χ3n) is 4.05. The molecule has 0 aliphatic rings. The fraction of sp³-hybridized carbons (Fsp3) is 0.278. The highest BCUT2D eigenvalue weighted by atomic mass is 79.9. The smallest absolute Gasteiger partial charge is 0.274 e. The van der Waals surface area contributed by atoms with Gasteiger partial charge in [-0.1, -0.05) is 29.3 Å². The van der Waals surface area contributed by atoms with E-state index in [4.69, 9.17) is 27.9 Å². The predicted molar refractivity (Wildman–Crippen MR) is 111 cm³/mol. The van der Waals surface area contributed by atoms with Gasteiger partial charge in [-0.2, -0.15) is 10.2 Å². The van der Waals surface area contributed by atoms with Crippen LogP contribution >= 0.6 is 39.1 Å². The third kappa shape index (κ3) is 4.51. The van der Waals surface area contributed by atoms with E-state index in [0.29, 0.717) is 28.0 Å². The summed E-state index contributed by atoms with van der Waals surface area (Å²) in [5.74, 6) is 0.175. The van der Waals surface area contributed by atoms with E-state index in [2.05, 4.69) is 26.1 Å². The van der Waals surface area contributed by atoms with Crippen molar-refractivity contribution < 1.29 is 9.53 Å². The van der Waals surface area contributed by atoms with Crippen LogP contribution in [0.4, 0.5) is 0 Å². The van der Waals surface area contributed by atoms with E-state index in [1.807, 2.05) is 11.6 Å². The van der Waals surface area contributed by atoms with Gasteiger partial charge in [-0.15, -0.1) is 0 Å². The monoisotopic (exact) mass is 485 g/mol. The third-order valence-corrected chi connectivity index (χ3v) is 5.31. The molecule has 0 bridgehead atoms. The zero-order chi connectivity index (χ0) is 20.3. The van der Waals surface area contributed by atoms with Gasteiger partial charge < -0.3 is 9.64 Å². The van der Waals surface area contributed by atoms with Crippen LogP contribution in [0, 0.1) is 0 Å². The minimum Gasteiger partial charge on any atom is -0.468 e. The van der Waals surface area contributed by atoms with Crippen molar-refractivity contribution >= 4 is 45.0 Å². The van der Waals surface area contributed by atoms with E-state index in [0.717, 1.165) is 16.7 Å². The Morgan fingerprint density at radius 3 is 2.68 bits per heavy atom. The van der Waals surface area contributed by atoms with Crippen LogP contribution < -0.4 is 4.74 Å². The fourth-order valence-electron chi connectivity index (χ4n) is 2.61. The molecule has 2 heterocycles. The molecule has 0 N–H and O–H groups in total. The molecule has 0 saturated heterocycles. The minimum atomic E-state index is -0.203. The quantitative estimate of drug-likeness (QED) is 0.494. The van der Waals surface area contributed by atoms with Crippen molar-refractivity contribution in [1.29, 1.82) is 0 Å². The summed E-state index contributed by atoms with van der Waals surface area (Å²) in [5.41, 5.74) is 1.24. The molecule has 1 amide bonds. The molecule has 3 aromatic rings. The van der Waals surface area contributed by atoms with E-state index in [1.165, 1.54) is 4.68 Å². The molecule has 3 rings (SSSR count). The average molecular weight is 487 g/mol. The number of carbonyl (C=O) groups excluding carboxylic acids is 1. The molecule has 148 valence electrons. The number of amides is 1. The largest absolute Gasteiger partial charge is 0.468 e. The number of benzene rings is 1. The van der Waals surface area contributed by atoms with Crippen molar-refractivity contribution in [3.05, 3.63) is 62.6 Å². The number of hydrogen-bond acceptors (Lipinski definition) is 4. The second-order valence-corrected chi connectivity index (χ2v) is 7.65. The van der Waals surface area contributed by atoms with Crippen molar-refractivity contribution in [2.24, 2.45) is 0 Å². The highest BCUT2D eigenvalue weighted by Crippen LogP contribution is 2.32. The maximum atomic E-state index is 12.7. The van der Waals surface area contributed by atoms with Gasteiger partial charge in [0.2, 0.25) is 0 Å². The summed E-state index contributed by atoms with van der Waals surface area (Å²) in [6.45, 7) is 3.21. The van der Waals surface area contributed by atoms with E-state index >= 15 is 0 Å². The van der Waals surface area contributed by atoms with E-state index in [9.17, 15) is 4.79 Å². The Kier molecular flexibility index (Phi) is 6.64. The van der Waals surface area contributed by atoms with E-state index in [1.54, 1.807) is 48.6 Å². The average Bonchev–Trinajstić information content (AvgIpc) is 3.28. The lowest BCUT2D eigenvalue weighted by molar-refractivity contribution is 0.0773. The number of para-hydroxylation sites is 1. The Balaban J connectivity index is 1.65. The van der Waals surface area contributed by atoms with Gasteiger partial charge in [0.1, 0.15) is 0 Å². The Morgan fingerprint density at radius 2 is 2.00 bits per heavy atom. The molecular weight excluding hydrogens is 469 g/mol. The summed E-state index contributed by atoms with van der Waals surface area (Å²) in [6.07, 6.45) is 3.39. The number of ether oxygens (including phenoxy) is 1. The van der Waals surface area contributed by atoms with Crippen LogP contribution in [0.15, 0.2) is 41.1 Å². The summed E-state index contributed by atoms with van der Waals surface area (Å²) in [4.78, 5) is 14.3. The topological polar surface area (TPSA) is 65.2 Å². The molecule has 10 heteroatoms. The Labute approximate surface area is 180 Å². The molecule has 0 aliphatic heterocycles. The second kappa shape index (κ2) is 8.98. The number of halogens is 3. The van der Waals surface area contributed by atoms with Crippen LogP contribution in [0.5, 0.6) is 5.75 Å². The first-order valence-electron chi connectivity index (χ1n) is 8.46. The van der Waals surface area contributed by atoms with Gasteiger partial charge in [-0.25, -0.2) is 4.68 Å². The highest BCUT2D eigenvalue weighted by molar-refractivity contribution is 9.10. The number of aryl methyl sites for hydroxylation is 1. The maximum absolute atomic E-state index is 12.7. The van der Waals surface area contributed by atoms with Crippen molar-refractivity contribution in [2.75, 3.05) is 7.05 Å². The standard InChI is InChI=1S/C18H18BrCl2N5O2/c1-3-26-16(12(19)9-22-26)10-24(2)18(27)15-7-8-25(23-15)11-28-17-13(20)5-4-6-14(17)21/h4-9H,3,10-11H2,1-2H3. The van der Waals surface area contributed by atoms with Crippen LogP contribution in [-0.4, -0.2) is 37.4 Å². The summed E-state index contributed by atoms with van der Waals surface area (Å²) in [7, 11) is 1.72. The van der Waals surface area contributed by atoms with Gasteiger partial charge in [0.05, 0.1) is 33.0 Å². The summed E-state index contributed by atoms with van der Waals surface area (Å²) in [5, 5.41) is 9.37. The second-order valence-electron chi connectivity index (χ2n) is 5.98. The summed E-state index contributed by atoms with van der Waals surface area (Å²) in [6, 6.07) is 6.76. The fourth-order valence-corrected chi connectivity index (χ4v) is 3.54. The van der Waals surface area contributed by atoms with Gasteiger partial charge in [0.25, 0.3) is 5.91 Å². The highest BCUT2D eigenvalue weighted by Gasteiger charge is 2.18. The van der Waals surface area contributed by atoms with Crippen molar-refractivity contribution in [2.45, 2.75) is 26.7 Å². The molecule has 0 spiro atoms. The van der Waals surface area contributed by atoms with Gasteiger partial charge in [0.15, 0.2) is 18.2 Å². The molecule has 0 saturated carbocycles.